The minimum atomic E-state index is -0.0882. The Hall–Kier alpha value is -2.32. The van der Waals surface area contributed by atoms with Crippen LogP contribution in [0.1, 0.15) is 18.2 Å². The number of rotatable bonds is 2. The van der Waals surface area contributed by atoms with Gasteiger partial charge < -0.3 is 10.5 Å². The van der Waals surface area contributed by atoms with Gasteiger partial charge in [-0.05, 0) is 19.4 Å². The number of anilines is 1. The first-order valence-electron chi connectivity index (χ1n) is 7.31. The maximum absolute atomic E-state index is 13.1. The van der Waals surface area contributed by atoms with Gasteiger partial charge >= 0.3 is 0 Å². The first-order valence-corrected chi connectivity index (χ1v) is 8.19. The lowest BCUT2D eigenvalue weighted by atomic mass is 10.1. The number of ether oxygens (including phenoxy) is 1. The fraction of sp³-hybridized carbons (Fsp3) is 0.333. The summed E-state index contributed by atoms with van der Waals surface area (Å²) < 4.78 is 7.17. The van der Waals surface area contributed by atoms with E-state index in [0.717, 1.165) is 22.4 Å². The molecule has 118 valence electrons. The van der Waals surface area contributed by atoms with Crippen molar-refractivity contribution in [3.63, 3.8) is 0 Å². The van der Waals surface area contributed by atoms with Gasteiger partial charge in [0.1, 0.15) is 5.65 Å². The molecule has 1 fully saturated rings. The van der Waals surface area contributed by atoms with E-state index < -0.39 is 0 Å². The Morgan fingerprint density at radius 2 is 2.30 bits per heavy atom. The number of hydrogen-bond acceptors (Lipinski definition) is 7. The highest BCUT2D eigenvalue weighted by Crippen LogP contribution is 2.28. The third-order valence-electron chi connectivity index (χ3n) is 4.07. The molecule has 0 radical (unpaired) electrons. The Labute approximate surface area is 135 Å². The summed E-state index contributed by atoms with van der Waals surface area (Å²) in [6, 6.07) is 1.80. The zero-order valence-electron chi connectivity index (χ0n) is 12.5. The number of fused-ring (bicyclic) bond motifs is 1. The summed E-state index contributed by atoms with van der Waals surface area (Å²) in [5, 5.41) is 0.828. The Morgan fingerprint density at radius 3 is 3.00 bits per heavy atom. The topological polar surface area (TPSA) is 95.9 Å². The van der Waals surface area contributed by atoms with Gasteiger partial charge in [-0.25, -0.2) is 4.98 Å². The second kappa shape index (κ2) is 5.39. The quantitative estimate of drug-likeness (QED) is 0.770. The van der Waals surface area contributed by atoms with Crippen LogP contribution in [0.5, 0.6) is 0 Å². The van der Waals surface area contributed by atoms with Crippen molar-refractivity contribution < 1.29 is 4.74 Å². The molecule has 0 amide bonds. The van der Waals surface area contributed by atoms with Gasteiger partial charge in [0.05, 0.1) is 34.3 Å². The number of nitrogens with two attached hydrogens (primary N) is 1. The number of hydrogen-bond donors (Lipinski definition) is 1. The Kier molecular flexibility index (Phi) is 3.35. The zero-order chi connectivity index (χ0) is 16.0. The lowest BCUT2D eigenvalue weighted by Crippen LogP contribution is -2.27. The first kappa shape index (κ1) is 14.3. The molecule has 0 bridgehead atoms. The normalized spacial score (nSPS) is 17.9. The molecule has 1 atom stereocenters. The summed E-state index contributed by atoms with van der Waals surface area (Å²) in [7, 11) is 0. The molecule has 0 aromatic carbocycles. The second-order valence-corrected chi connectivity index (χ2v) is 6.41. The van der Waals surface area contributed by atoms with Crippen molar-refractivity contribution >= 4 is 28.3 Å². The third-order valence-corrected chi connectivity index (χ3v) is 4.87. The van der Waals surface area contributed by atoms with E-state index in [-0.39, 0.29) is 17.5 Å². The van der Waals surface area contributed by atoms with Gasteiger partial charge in [-0.1, -0.05) is 0 Å². The lowest BCUT2D eigenvalue weighted by Gasteiger charge is -2.17. The van der Waals surface area contributed by atoms with Crippen LogP contribution in [-0.4, -0.2) is 32.7 Å². The van der Waals surface area contributed by atoms with Gasteiger partial charge in [0, 0.05) is 18.2 Å². The van der Waals surface area contributed by atoms with Crippen LogP contribution in [0.4, 0.5) is 5.95 Å². The molecule has 1 aliphatic rings. The fourth-order valence-corrected chi connectivity index (χ4v) is 3.59. The van der Waals surface area contributed by atoms with Crippen LogP contribution in [0.3, 0.4) is 0 Å². The summed E-state index contributed by atoms with van der Waals surface area (Å²) in [6.07, 6.45) is 2.49. The number of thiazole rings is 1. The molecule has 1 saturated heterocycles. The second-order valence-electron chi connectivity index (χ2n) is 5.52. The van der Waals surface area contributed by atoms with Crippen LogP contribution in [0, 0.1) is 6.92 Å². The monoisotopic (exact) mass is 329 g/mol. The van der Waals surface area contributed by atoms with Crippen molar-refractivity contribution in [3.05, 3.63) is 33.8 Å². The van der Waals surface area contributed by atoms with E-state index in [0.29, 0.717) is 24.4 Å². The average Bonchev–Trinajstić information content (AvgIpc) is 3.20. The number of nitrogen functional groups attached to an aromatic ring is 1. The predicted octanol–water partition coefficient (Wildman–Crippen LogP) is 1.77. The van der Waals surface area contributed by atoms with Crippen molar-refractivity contribution in [2.45, 2.75) is 19.4 Å². The highest BCUT2D eigenvalue weighted by atomic mass is 32.1. The molecule has 2 N–H and O–H groups in total. The van der Waals surface area contributed by atoms with E-state index in [9.17, 15) is 4.79 Å². The minimum absolute atomic E-state index is 0.0356. The highest BCUT2D eigenvalue weighted by Gasteiger charge is 2.24. The molecule has 3 aromatic heterocycles. The van der Waals surface area contributed by atoms with Crippen molar-refractivity contribution in [1.29, 1.82) is 0 Å². The van der Waals surface area contributed by atoms with E-state index in [1.165, 1.54) is 11.3 Å². The largest absolute Gasteiger partial charge is 0.379 e. The highest BCUT2D eigenvalue weighted by molar-refractivity contribution is 7.13. The summed E-state index contributed by atoms with van der Waals surface area (Å²) in [5.74, 6) is 0.174. The van der Waals surface area contributed by atoms with Crippen molar-refractivity contribution in [3.8, 4) is 10.4 Å². The van der Waals surface area contributed by atoms with E-state index in [1.54, 1.807) is 16.3 Å². The van der Waals surface area contributed by atoms with Crippen LogP contribution in [-0.2, 0) is 4.74 Å². The van der Waals surface area contributed by atoms with E-state index in [4.69, 9.17) is 10.5 Å². The molecule has 0 saturated carbocycles. The summed E-state index contributed by atoms with van der Waals surface area (Å²) in [6.45, 7) is 3.02. The Morgan fingerprint density at radius 1 is 1.43 bits per heavy atom. The van der Waals surface area contributed by atoms with E-state index in [2.05, 4.69) is 15.0 Å². The van der Waals surface area contributed by atoms with Gasteiger partial charge in [-0.15, -0.1) is 11.3 Å². The van der Waals surface area contributed by atoms with Gasteiger partial charge in [-0.2, -0.15) is 4.98 Å². The molecule has 1 aliphatic heterocycles. The summed E-state index contributed by atoms with van der Waals surface area (Å²) in [4.78, 5) is 26.5. The number of nitrogens with zero attached hydrogens (tertiary/aromatic N) is 4. The van der Waals surface area contributed by atoms with Crippen LogP contribution in [0.2, 0.25) is 0 Å². The van der Waals surface area contributed by atoms with Crippen molar-refractivity contribution in [2.75, 3.05) is 18.9 Å². The standard InChI is InChI=1S/C15H15N5O2S/c1-8-10-4-11(12-5-17-7-23-12)14(21)20(9-2-3-22-6-9)13(10)19-15(16)18-8/h4-5,7,9H,2-3,6H2,1H3,(H2,16,18,19)/t9-/m1/s1. The molecule has 4 rings (SSSR count). The zero-order valence-corrected chi connectivity index (χ0v) is 13.3. The van der Waals surface area contributed by atoms with Crippen LogP contribution in [0.15, 0.2) is 22.6 Å². The van der Waals surface area contributed by atoms with Crippen LogP contribution < -0.4 is 11.3 Å². The summed E-state index contributed by atoms with van der Waals surface area (Å²) >= 11 is 1.44. The number of aryl methyl sites for hydroxylation is 1. The maximum atomic E-state index is 13.1. The van der Waals surface area contributed by atoms with Gasteiger partial charge in [0.2, 0.25) is 5.95 Å². The Balaban J connectivity index is 2.10. The molecule has 23 heavy (non-hydrogen) atoms. The lowest BCUT2D eigenvalue weighted by molar-refractivity contribution is 0.186. The van der Waals surface area contributed by atoms with Gasteiger partial charge in [0.15, 0.2) is 0 Å². The predicted molar refractivity (Wildman–Crippen MR) is 88.5 cm³/mol. The third kappa shape index (κ3) is 2.30. The average molecular weight is 329 g/mol. The molecule has 0 spiro atoms. The van der Waals surface area contributed by atoms with Crippen LogP contribution in [0.25, 0.3) is 21.5 Å². The molecule has 0 aliphatic carbocycles. The molecular formula is C15H15N5O2S. The van der Waals surface area contributed by atoms with Gasteiger partial charge in [0.25, 0.3) is 5.56 Å². The molecule has 7 nitrogen and oxygen atoms in total. The minimum Gasteiger partial charge on any atom is -0.379 e. The van der Waals surface area contributed by atoms with Gasteiger partial charge in [-0.3, -0.25) is 14.3 Å². The molecule has 4 heterocycles. The molecular weight excluding hydrogens is 314 g/mol. The first-order chi connectivity index (χ1) is 11.1. The summed E-state index contributed by atoms with van der Waals surface area (Å²) in [5.41, 5.74) is 9.37. The number of aromatic nitrogens is 4. The van der Waals surface area contributed by atoms with E-state index in [1.807, 2.05) is 13.0 Å². The smallest absolute Gasteiger partial charge is 0.261 e. The fourth-order valence-electron chi connectivity index (χ4n) is 2.96. The van der Waals surface area contributed by atoms with Crippen LogP contribution >= 0.6 is 11.3 Å². The van der Waals surface area contributed by atoms with E-state index >= 15 is 0 Å². The number of pyridine rings is 1. The molecule has 3 aromatic rings. The SMILES string of the molecule is Cc1nc(N)nc2c1cc(-c1cncs1)c(=O)n2[C@@H]1CCOC1. The van der Waals surface area contributed by atoms with Crippen molar-refractivity contribution in [1.82, 2.24) is 19.5 Å². The molecule has 8 heteroatoms. The molecule has 0 unspecified atom stereocenters. The van der Waals surface area contributed by atoms with Crippen molar-refractivity contribution in [2.24, 2.45) is 0 Å². The maximum Gasteiger partial charge on any atom is 0.261 e. The Bertz CT molecular complexity index is 929.